The van der Waals surface area contributed by atoms with Gasteiger partial charge in [0.2, 0.25) is 5.91 Å². The Kier molecular flexibility index (Phi) is 5.20. The smallest absolute Gasteiger partial charge is 0.261 e. The van der Waals surface area contributed by atoms with Gasteiger partial charge in [0.05, 0.1) is 22.3 Å². The summed E-state index contributed by atoms with van der Waals surface area (Å²) in [7, 11) is -3.83. The van der Waals surface area contributed by atoms with E-state index in [1.54, 1.807) is 28.9 Å². The Labute approximate surface area is 172 Å². The molecule has 3 aromatic carbocycles. The number of sulfonamides is 1. The van der Waals surface area contributed by atoms with Crippen LogP contribution in [-0.4, -0.2) is 24.0 Å². The molecule has 0 fully saturated rings. The number of hydrogen-bond acceptors (Lipinski definition) is 4. The van der Waals surface area contributed by atoms with Gasteiger partial charge in [0, 0.05) is 5.69 Å². The van der Waals surface area contributed by atoms with E-state index in [9.17, 15) is 17.6 Å². The van der Waals surface area contributed by atoms with Crippen LogP contribution in [0, 0.1) is 5.82 Å². The van der Waals surface area contributed by atoms with Crippen molar-refractivity contribution in [1.82, 2.24) is 9.66 Å². The molecule has 9 heteroatoms. The first-order chi connectivity index (χ1) is 14.4. The maximum absolute atomic E-state index is 13.0. The Morgan fingerprint density at radius 3 is 2.40 bits per heavy atom. The topological polar surface area (TPSA) is 93.1 Å². The summed E-state index contributed by atoms with van der Waals surface area (Å²) in [6.07, 6.45) is 1.65. The van der Waals surface area contributed by atoms with Crippen molar-refractivity contribution < 1.29 is 17.6 Å². The van der Waals surface area contributed by atoms with Crippen LogP contribution in [0.2, 0.25) is 0 Å². The normalized spacial score (nSPS) is 11.4. The third-order valence-electron chi connectivity index (χ3n) is 4.39. The first-order valence-electron chi connectivity index (χ1n) is 9.00. The molecule has 1 aromatic heterocycles. The third-order valence-corrected chi connectivity index (χ3v) is 5.79. The molecule has 1 amide bonds. The summed E-state index contributed by atoms with van der Waals surface area (Å²) in [6.45, 7) is 0. The van der Waals surface area contributed by atoms with Gasteiger partial charge in [0.15, 0.2) is 0 Å². The van der Waals surface area contributed by atoms with Crippen LogP contribution < -0.4 is 10.1 Å². The second-order valence-electron chi connectivity index (χ2n) is 6.57. The van der Waals surface area contributed by atoms with Crippen LogP contribution in [0.3, 0.4) is 0 Å². The van der Waals surface area contributed by atoms with Crippen LogP contribution in [-0.2, 0) is 21.2 Å². The molecule has 4 aromatic rings. The zero-order chi connectivity index (χ0) is 21.1. The highest BCUT2D eigenvalue weighted by Crippen LogP contribution is 2.17. The number of hydrogen-bond donors (Lipinski definition) is 2. The molecule has 4 rings (SSSR count). The van der Waals surface area contributed by atoms with Gasteiger partial charge in [0.25, 0.3) is 10.0 Å². The number of carbonyl (C=O) groups excluding carboxylic acids is 1. The van der Waals surface area contributed by atoms with Crippen LogP contribution in [0.25, 0.3) is 11.0 Å². The van der Waals surface area contributed by atoms with Crippen molar-refractivity contribution in [3.8, 4) is 0 Å². The molecule has 152 valence electrons. The summed E-state index contributed by atoms with van der Waals surface area (Å²) >= 11 is 0. The van der Waals surface area contributed by atoms with Crippen molar-refractivity contribution in [1.29, 1.82) is 0 Å². The molecule has 0 atom stereocenters. The number of fused-ring (bicyclic) bond motifs is 1. The van der Waals surface area contributed by atoms with E-state index in [1.807, 2.05) is 24.3 Å². The fourth-order valence-corrected chi connectivity index (χ4v) is 3.98. The van der Waals surface area contributed by atoms with Crippen molar-refractivity contribution in [3.05, 3.63) is 90.5 Å². The summed E-state index contributed by atoms with van der Waals surface area (Å²) in [5, 5.41) is 0. The van der Waals surface area contributed by atoms with Gasteiger partial charge in [-0.15, -0.1) is 0 Å². The number of amides is 1. The SMILES string of the molecule is O=C(Cc1ccc(NS(=O)(=O)c2ccc(F)cc2)cc1)Nn1cnc2ccccc21. The van der Waals surface area contributed by atoms with Crippen molar-refractivity contribution in [2.24, 2.45) is 0 Å². The summed E-state index contributed by atoms with van der Waals surface area (Å²) in [5.74, 6) is -0.752. The fraction of sp³-hybridized carbons (Fsp3) is 0.0476. The number of benzene rings is 3. The molecule has 0 aliphatic carbocycles. The Morgan fingerprint density at radius 2 is 1.67 bits per heavy atom. The zero-order valence-corrected chi connectivity index (χ0v) is 16.4. The predicted molar refractivity (Wildman–Crippen MR) is 111 cm³/mol. The van der Waals surface area contributed by atoms with Gasteiger partial charge in [-0.05, 0) is 54.1 Å². The van der Waals surface area contributed by atoms with Crippen molar-refractivity contribution in [3.63, 3.8) is 0 Å². The van der Waals surface area contributed by atoms with E-state index >= 15 is 0 Å². The average molecular weight is 424 g/mol. The molecule has 0 aliphatic heterocycles. The lowest BCUT2D eigenvalue weighted by atomic mass is 10.1. The highest BCUT2D eigenvalue weighted by Gasteiger charge is 2.14. The van der Waals surface area contributed by atoms with E-state index in [-0.39, 0.29) is 17.2 Å². The van der Waals surface area contributed by atoms with E-state index in [0.29, 0.717) is 11.3 Å². The molecule has 0 spiro atoms. The molecule has 30 heavy (non-hydrogen) atoms. The first kappa shape index (κ1) is 19.6. The first-order valence-corrected chi connectivity index (χ1v) is 10.5. The number of carbonyl (C=O) groups is 1. The minimum Gasteiger partial charge on any atom is -0.280 e. The number of para-hydroxylation sites is 2. The minimum atomic E-state index is -3.83. The Hall–Kier alpha value is -3.72. The Balaban J connectivity index is 1.41. The van der Waals surface area contributed by atoms with Crippen LogP contribution in [0.4, 0.5) is 10.1 Å². The third kappa shape index (κ3) is 4.31. The Bertz CT molecular complexity index is 1300. The number of imidazole rings is 1. The molecular formula is C21H17FN4O3S. The van der Waals surface area contributed by atoms with Gasteiger partial charge in [-0.1, -0.05) is 24.3 Å². The number of aromatic nitrogens is 2. The van der Waals surface area contributed by atoms with E-state index in [4.69, 9.17) is 0 Å². The maximum atomic E-state index is 13.0. The number of anilines is 1. The lowest BCUT2D eigenvalue weighted by Crippen LogP contribution is -2.23. The number of halogens is 1. The predicted octanol–water partition coefficient (Wildman–Crippen LogP) is 3.29. The van der Waals surface area contributed by atoms with Crippen molar-refractivity contribution >= 4 is 32.7 Å². The van der Waals surface area contributed by atoms with E-state index in [1.165, 1.54) is 18.5 Å². The number of nitrogens with zero attached hydrogens (tertiary/aromatic N) is 2. The van der Waals surface area contributed by atoms with Gasteiger partial charge in [-0.25, -0.2) is 22.5 Å². The molecule has 0 unspecified atom stereocenters. The summed E-state index contributed by atoms with van der Waals surface area (Å²) < 4.78 is 41.7. The van der Waals surface area contributed by atoms with Crippen LogP contribution >= 0.6 is 0 Å². The average Bonchev–Trinajstić information content (AvgIpc) is 3.12. The molecule has 0 radical (unpaired) electrons. The Morgan fingerprint density at radius 1 is 0.967 bits per heavy atom. The number of rotatable bonds is 6. The number of nitrogens with one attached hydrogen (secondary N) is 2. The van der Waals surface area contributed by atoms with E-state index in [2.05, 4.69) is 15.1 Å². The largest absolute Gasteiger partial charge is 0.280 e. The van der Waals surface area contributed by atoms with Crippen LogP contribution in [0.5, 0.6) is 0 Å². The zero-order valence-electron chi connectivity index (χ0n) is 15.6. The lowest BCUT2D eigenvalue weighted by molar-refractivity contribution is -0.116. The van der Waals surface area contributed by atoms with E-state index in [0.717, 1.165) is 23.2 Å². The second-order valence-corrected chi connectivity index (χ2v) is 8.25. The molecule has 0 saturated carbocycles. The van der Waals surface area contributed by atoms with Gasteiger partial charge in [0.1, 0.15) is 12.1 Å². The lowest BCUT2D eigenvalue weighted by Gasteiger charge is -2.10. The van der Waals surface area contributed by atoms with E-state index < -0.39 is 15.8 Å². The highest BCUT2D eigenvalue weighted by molar-refractivity contribution is 7.92. The highest BCUT2D eigenvalue weighted by atomic mass is 32.2. The monoisotopic (exact) mass is 424 g/mol. The minimum absolute atomic E-state index is 0.0417. The quantitative estimate of drug-likeness (QED) is 0.497. The van der Waals surface area contributed by atoms with Gasteiger partial charge < -0.3 is 0 Å². The molecule has 7 nitrogen and oxygen atoms in total. The fourth-order valence-electron chi connectivity index (χ4n) is 2.93. The maximum Gasteiger partial charge on any atom is 0.261 e. The molecule has 2 N–H and O–H groups in total. The molecular weight excluding hydrogens is 407 g/mol. The second kappa shape index (κ2) is 7.96. The molecule has 0 saturated heterocycles. The molecule has 1 heterocycles. The molecule has 0 bridgehead atoms. The van der Waals surface area contributed by atoms with Crippen molar-refractivity contribution in [2.75, 3.05) is 10.1 Å². The van der Waals surface area contributed by atoms with Gasteiger partial charge in [-0.2, -0.15) is 0 Å². The summed E-state index contributed by atoms with van der Waals surface area (Å²) in [5.41, 5.74) is 5.37. The van der Waals surface area contributed by atoms with Crippen LogP contribution in [0.1, 0.15) is 5.56 Å². The van der Waals surface area contributed by atoms with Crippen molar-refractivity contribution in [2.45, 2.75) is 11.3 Å². The standard InChI is InChI=1S/C21H17FN4O3S/c22-16-7-11-18(12-8-16)30(28,29)25-17-9-5-15(6-10-17)13-21(27)24-26-14-23-19-3-1-2-4-20(19)26/h1-12,14,25H,13H2,(H,24,27). The molecule has 0 aliphatic rings. The van der Waals surface area contributed by atoms with Gasteiger partial charge >= 0.3 is 0 Å². The summed E-state index contributed by atoms with van der Waals surface area (Å²) in [4.78, 5) is 16.5. The summed E-state index contributed by atoms with van der Waals surface area (Å²) in [6, 6.07) is 18.4. The van der Waals surface area contributed by atoms with Gasteiger partial charge in [-0.3, -0.25) is 14.9 Å². The van der Waals surface area contributed by atoms with Crippen LogP contribution in [0.15, 0.2) is 84.0 Å².